The largest absolute Gasteiger partial charge is 0.347 e. The van der Waals surface area contributed by atoms with Gasteiger partial charge in [-0.1, -0.05) is 37.5 Å². The molecule has 1 aliphatic carbocycles. The highest BCUT2D eigenvalue weighted by Gasteiger charge is 2.34. The highest BCUT2D eigenvalue weighted by atomic mass is 15.0. The van der Waals surface area contributed by atoms with Gasteiger partial charge in [0.1, 0.15) is 0 Å². The van der Waals surface area contributed by atoms with Crippen molar-refractivity contribution in [2.45, 2.75) is 37.5 Å². The summed E-state index contributed by atoms with van der Waals surface area (Å²) in [6.45, 7) is 0.775. The Hall–Kier alpha value is -1.28. The van der Waals surface area contributed by atoms with Crippen LogP contribution in [-0.4, -0.2) is 11.1 Å². The van der Waals surface area contributed by atoms with E-state index in [1.807, 2.05) is 0 Å². The molecule has 96 valence electrons. The molecule has 1 saturated carbocycles. The fourth-order valence-corrected chi connectivity index (χ4v) is 3.59. The van der Waals surface area contributed by atoms with Crippen molar-refractivity contribution in [3.05, 3.63) is 36.0 Å². The number of rotatable bonds is 2. The van der Waals surface area contributed by atoms with Gasteiger partial charge < -0.3 is 10.3 Å². The van der Waals surface area contributed by atoms with Gasteiger partial charge >= 0.3 is 0 Å². The highest BCUT2D eigenvalue weighted by molar-refractivity contribution is 5.81. The van der Waals surface area contributed by atoms with E-state index in [0.29, 0.717) is 0 Å². The Kier molecular flexibility index (Phi) is 2.90. The van der Waals surface area contributed by atoms with Gasteiger partial charge in [0.2, 0.25) is 0 Å². The number of nitrogens with two attached hydrogens (primary N) is 1. The summed E-state index contributed by atoms with van der Waals surface area (Å²) in [5.74, 6) is 0. The van der Waals surface area contributed by atoms with Crippen LogP contribution in [0.15, 0.2) is 30.3 Å². The van der Waals surface area contributed by atoms with Crippen LogP contribution in [0.5, 0.6) is 0 Å². The number of aryl methyl sites for hydroxylation is 1. The molecule has 1 heterocycles. The summed E-state index contributed by atoms with van der Waals surface area (Å²) in [5.41, 5.74) is 9.12. The topological polar surface area (TPSA) is 30.9 Å². The Morgan fingerprint density at radius 2 is 1.89 bits per heavy atom. The maximum Gasteiger partial charge on any atom is 0.0480 e. The Balaban J connectivity index is 2.14. The molecule has 0 bridgehead atoms. The summed E-state index contributed by atoms with van der Waals surface area (Å²) >= 11 is 0. The van der Waals surface area contributed by atoms with Gasteiger partial charge in [-0.05, 0) is 30.4 Å². The Labute approximate surface area is 109 Å². The lowest BCUT2D eigenvalue weighted by atomic mass is 9.71. The Morgan fingerprint density at radius 1 is 1.17 bits per heavy atom. The number of aromatic nitrogens is 1. The maximum atomic E-state index is 6.15. The summed E-state index contributed by atoms with van der Waals surface area (Å²) < 4.78 is 2.35. The van der Waals surface area contributed by atoms with Gasteiger partial charge in [-0.3, -0.25) is 0 Å². The van der Waals surface area contributed by atoms with Crippen LogP contribution in [0, 0.1) is 0 Å². The van der Waals surface area contributed by atoms with E-state index in [4.69, 9.17) is 5.73 Å². The summed E-state index contributed by atoms with van der Waals surface area (Å²) in [7, 11) is 2.18. The molecule has 0 saturated heterocycles. The summed E-state index contributed by atoms with van der Waals surface area (Å²) in [5, 5.41) is 1.34. The second-order valence-electron chi connectivity index (χ2n) is 5.69. The minimum Gasteiger partial charge on any atom is -0.347 e. The van der Waals surface area contributed by atoms with Crippen molar-refractivity contribution >= 4 is 10.9 Å². The Morgan fingerprint density at radius 3 is 2.56 bits per heavy atom. The molecule has 2 heteroatoms. The predicted octanol–water partition coefficient (Wildman–Crippen LogP) is 3.34. The first-order chi connectivity index (χ1) is 8.77. The van der Waals surface area contributed by atoms with E-state index in [9.17, 15) is 0 Å². The number of para-hydroxylation sites is 1. The molecule has 0 radical (unpaired) electrons. The van der Waals surface area contributed by atoms with Crippen molar-refractivity contribution in [3.8, 4) is 0 Å². The molecule has 18 heavy (non-hydrogen) atoms. The molecule has 1 fully saturated rings. The van der Waals surface area contributed by atoms with Crippen molar-refractivity contribution in [2.75, 3.05) is 6.54 Å². The van der Waals surface area contributed by atoms with Crippen LogP contribution >= 0.6 is 0 Å². The standard InChI is InChI=1S/C16H22N2/c1-18-14-8-4-3-7-13(14)11-15(18)16(12-17)9-5-2-6-10-16/h3-4,7-8,11H,2,5-6,9-10,12,17H2,1H3. The third-order valence-electron chi connectivity index (χ3n) is 4.70. The van der Waals surface area contributed by atoms with Gasteiger partial charge in [-0.2, -0.15) is 0 Å². The molecule has 2 aromatic rings. The van der Waals surface area contributed by atoms with Gasteiger partial charge in [0.05, 0.1) is 0 Å². The summed E-state index contributed by atoms with van der Waals surface area (Å²) in [6.07, 6.45) is 6.49. The minimum atomic E-state index is 0.214. The lowest BCUT2D eigenvalue weighted by Crippen LogP contribution is -2.38. The predicted molar refractivity (Wildman–Crippen MR) is 76.7 cm³/mol. The smallest absolute Gasteiger partial charge is 0.0480 e. The van der Waals surface area contributed by atoms with Crippen LogP contribution in [0.2, 0.25) is 0 Å². The normalized spacial score (nSPS) is 19.2. The molecular formula is C16H22N2. The van der Waals surface area contributed by atoms with Crippen LogP contribution in [-0.2, 0) is 12.5 Å². The second-order valence-corrected chi connectivity index (χ2v) is 5.69. The SMILES string of the molecule is Cn1c(C2(CN)CCCCC2)cc2ccccc21. The van der Waals surface area contributed by atoms with Gasteiger partial charge in [-0.15, -0.1) is 0 Å². The molecule has 0 atom stereocenters. The maximum absolute atomic E-state index is 6.15. The zero-order chi connectivity index (χ0) is 12.6. The molecule has 1 aliphatic rings. The molecule has 0 amide bonds. The monoisotopic (exact) mass is 242 g/mol. The zero-order valence-electron chi connectivity index (χ0n) is 11.2. The highest BCUT2D eigenvalue weighted by Crippen LogP contribution is 2.40. The lowest BCUT2D eigenvalue weighted by Gasteiger charge is -2.36. The van der Waals surface area contributed by atoms with Crippen molar-refractivity contribution < 1.29 is 0 Å². The minimum absolute atomic E-state index is 0.214. The average molecular weight is 242 g/mol. The van der Waals surface area contributed by atoms with Crippen molar-refractivity contribution in [1.82, 2.24) is 4.57 Å². The quantitative estimate of drug-likeness (QED) is 0.860. The number of fused-ring (bicyclic) bond motifs is 1. The van der Waals surface area contributed by atoms with E-state index in [1.165, 1.54) is 48.7 Å². The fourth-order valence-electron chi connectivity index (χ4n) is 3.59. The van der Waals surface area contributed by atoms with Crippen LogP contribution in [0.3, 0.4) is 0 Å². The number of nitrogens with zero attached hydrogens (tertiary/aromatic N) is 1. The molecular weight excluding hydrogens is 220 g/mol. The zero-order valence-corrected chi connectivity index (χ0v) is 11.2. The van der Waals surface area contributed by atoms with E-state index < -0.39 is 0 Å². The van der Waals surface area contributed by atoms with E-state index >= 15 is 0 Å². The first kappa shape index (κ1) is 11.8. The lowest BCUT2D eigenvalue weighted by molar-refractivity contribution is 0.288. The number of hydrogen-bond donors (Lipinski definition) is 1. The first-order valence-corrected chi connectivity index (χ1v) is 7.02. The summed E-state index contributed by atoms with van der Waals surface area (Å²) in [6, 6.07) is 11.0. The molecule has 1 aromatic heterocycles. The Bertz CT molecular complexity index is 547. The third-order valence-corrected chi connectivity index (χ3v) is 4.70. The number of benzene rings is 1. The van der Waals surface area contributed by atoms with E-state index in [0.717, 1.165) is 6.54 Å². The first-order valence-electron chi connectivity index (χ1n) is 7.02. The average Bonchev–Trinajstić information content (AvgIpc) is 2.78. The van der Waals surface area contributed by atoms with Crippen LogP contribution < -0.4 is 5.73 Å². The van der Waals surface area contributed by atoms with Crippen molar-refractivity contribution in [1.29, 1.82) is 0 Å². The van der Waals surface area contributed by atoms with Gasteiger partial charge in [0, 0.05) is 30.2 Å². The van der Waals surface area contributed by atoms with Crippen LogP contribution in [0.4, 0.5) is 0 Å². The molecule has 2 nitrogen and oxygen atoms in total. The van der Waals surface area contributed by atoms with Crippen molar-refractivity contribution in [3.63, 3.8) is 0 Å². The van der Waals surface area contributed by atoms with Crippen LogP contribution in [0.25, 0.3) is 10.9 Å². The van der Waals surface area contributed by atoms with E-state index in [1.54, 1.807) is 0 Å². The number of hydrogen-bond acceptors (Lipinski definition) is 1. The molecule has 0 unspecified atom stereocenters. The van der Waals surface area contributed by atoms with Crippen molar-refractivity contribution in [2.24, 2.45) is 12.8 Å². The molecule has 1 aromatic carbocycles. The van der Waals surface area contributed by atoms with E-state index in [2.05, 4.69) is 41.9 Å². The second kappa shape index (κ2) is 4.43. The van der Waals surface area contributed by atoms with Gasteiger partial charge in [-0.25, -0.2) is 0 Å². The molecule has 0 aliphatic heterocycles. The third kappa shape index (κ3) is 1.67. The van der Waals surface area contributed by atoms with Gasteiger partial charge in [0.15, 0.2) is 0 Å². The van der Waals surface area contributed by atoms with Crippen LogP contribution in [0.1, 0.15) is 37.8 Å². The molecule has 2 N–H and O–H groups in total. The summed E-state index contributed by atoms with van der Waals surface area (Å²) in [4.78, 5) is 0. The fraction of sp³-hybridized carbons (Fsp3) is 0.500. The molecule has 0 spiro atoms. The molecule has 3 rings (SSSR count). The van der Waals surface area contributed by atoms with E-state index in [-0.39, 0.29) is 5.41 Å². The van der Waals surface area contributed by atoms with Gasteiger partial charge in [0.25, 0.3) is 0 Å².